The van der Waals surface area contributed by atoms with Crippen LogP contribution in [0.4, 0.5) is 0 Å². The highest BCUT2D eigenvalue weighted by Gasteiger charge is 2.18. The molecule has 25 heavy (non-hydrogen) atoms. The maximum Gasteiger partial charge on any atom is 0.174 e. The Morgan fingerprint density at radius 3 is 1.88 bits per heavy atom. The Hall–Kier alpha value is -3.01. The normalized spacial score (nSPS) is 12.0. The van der Waals surface area contributed by atoms with E-state index in [0.717, 1.165) is 16.7 Å². The highest BCUT2D eigenvalue weighted by atomic mass is 16.5. The fraction of sp³-hybridized carbons (Fsp3) is 0.190. The summed E-state index contributed by atoms with van der Waals surface area (Å²) in [6.45, 7) is 6.37. The molecule has 0 unspecified atom stereocenters. The van der Waals surface area contributed by atoms with Crippen molar-refractivity contribution in [2.45, 2.75) is 20.8 Å². The molecule has 0 amide bonds. The highest BCUT2D eigenvalue weighted by molar-refractivity contribution is 5.81. The molecular weight excluding hydrogens is 314 g/mol. The number of phenols is 2. The molecule has 1 heterocycles. The first-order chi connectivity index (χ1) is 11.8. The summed E-state index contributed by atoms with van der Waals surface area (Å²) in [6, 6.07) is 13.7. The molecule has 3 rings (SSSR count). The summed E-state index contributed by atoms with van der Waals surface area (Å²) in [5.74, 6) is 1.05. The number of aromatic nitrogens is 1. The number of allylic oxidation sites excluding steroid dienone is 1. The second-order valence-electron chi connectivity index (χ2n) is 7.07. The molecule has 0 aliphatic carbocycles. The van der Waals surface area contributed by atoms with Gasteiger partial charge in [-0.25, -0.2) is 0 Å². The van der Waals surface area contributed by atoms with Gasteiger partial charge < -0.3 is 14.7 Å². The van der Waals surface area contributed by atoms with Crippen LogP contribution in [0.15, 0.2) is 59.1 Å². The summed E-state index contributed by atoms with van der Waals surface area (Å²) in [7, 11) is 0. The molecule has 0 spiro atoms. The topological polar surface area (TPSA) is 66.5 Å². The molecule has 0 aliphatic rings. The largest absolute Gasteiger partial charge is 0.508 e. The molecule has 0 fully saturated rings. The quantitative estimate of drug-likeness (QED) is 0.665. The maximum absolute atomic E-state index is 9.51. The van der Waals surface area contributed by atoms with Gasteiger partial charge in [-0.2, -0.15) is 0 Å². The molecule has 0 atom stereocenters. The van der Waals surface area contributed by atoms with Crippen molar-refractivity contribution >= 4 is 6.08 Å². The molecule has 0 radical (unpaired) electrons. The minimum absolute atomic E-state index is 0.00964. The fourth-order valence-corrected chi connectivity index (χ4v) is 2.43. The second kappa shape index (κ2) is 6.48. The number of hydrogen-bond acceptors (Lipinski definition) is 4. The first-order valence-corrected chi connectivity index (χ1v) is 8.11. The van der Waals surface area contributed by atoms with Gasteiger partial charge >= 0.3 is 0 Å². The summed E-state index contributed by atoms with van der Waals surface area (Å²) in [6.07, 6.45) is 4.12. The van der Waals surface area contributed by atoms with E-state index in [1.165, 1.54) is 0 Å². The molecule has 1 aromatic heterocycles. The van der Waals surface area contributed by atoms with Crippen molar-refractivity contribution in [1.82, 2.24) is 5.16 Å². The molecule has 0 saturated carbocycles. The zero-order chi connectivity index (χ0) is 18.0. The van der Waals surface area contributed by atoms with Crippen LogP contribution in [0.3, 0.4) is 0 Å². The number of hydrogen-bond donors (Lipinski definition) is 2. The van der Waals surface area contributed by atoms with E-state index in [-0.39, 0.29) is 16.9 Å². The lowest BCUT2D eigenvalue weighted by Gasteiger charge is -2.11. The molecule has 0 saturated heterocycles. The average molecular weight is 335 g/mol. The van der Waals surface area contributed by atoms with Gasteiger partial charge in [0.05, 0.1) is 5.56 Å². The van der Waals surface area contributed by atoms with Gasteiger partial charge in [-0.15, -0.1) is 0 Å². The van der Waals surface area contributed by atoms with Crippen molar-refractivity contribution in [1.29, 1.82) is 0 Å². The van der Waals surface area contributed by atoms with E-state index in [2.05, 4.69) is 32.0 Å². The van der Waals surface area contributed by atoms with Crippen LogP contribution in [-0.2, 0) is 0 Å². The summed E-state index contributed by atoms with van der Waals surface area (Å²) in [4.78, 5) is 0. The minimum atomic E-state index is 0.00964. The Bertz CT molecular complexity index is 819. The number of phenolic OH excluding ortho intramolecular Hbond substituents is 2. The van der Waals surface area contributed by atoms with E-state index < -0.39 is 0 Å². The zero-order valence-corrected chi connectivity index (χ0v) is 14.5. The van der Waals surface area contributed by atoms with E-state index in [1.54, 1.807) is 36.4 Å². The Morgan fingerprint density at radius 2 is 1.36 bits per heavy atom. The third kappa shape index (κ3) is 3.91. The molecule has 0 bridgehead atoms. The van der Waals surface area contributed by atoms with E-state index in [4.69, 9.17) is 4.52 Å². The lowest BCUT2D eigenvalue weighted by Crippen LogP contribution is -1.98. The van der Waals surface area contributed by atoms with Crippen molar-refractivity contribution in [3.63, 3.8) is 0 Å². The molecule has 0 aliphatic heterocycles. The van der Waals surface area contributed by atoms with Gasteiger partial charge in [-0.1, -0.05) is 38.1 Å². The number of nitrogens with zero attached hydrogens (tertiary/aromatic N) is 1. The average Bonchev–Trinajstić information content (AvgIpc) is 2.97. The predicted octanol–water partition coefficient (Wildman–Crippen LogP) is 5.48. The van der Waals surface area contributed by atoms with E-state index in [0.29, 0.717) is 11.5 Å². The standard InChI is InChI=1S/C21H21NO3/c1-21(2,3)13-12-18-19(14-4-8-16(23)9-5-14)22-25-20(18)15-6-10-17(24)11-7-15/h4-13,23-24H,1-3H3/b13-12+. The lowest BCUT2D eigenvalue weighted by atomic mass is 9.93. The summed E-state index contributed by atoms with van der Waals surface area (Å²) < 4.78 is 5.63. The third-order valence-electron chi connectivity index (χ3n) is 3.75. The maximum atomic E-state index is 9.51. The monoisotopic (exact) mass is 335 g/mol. The van der Waals surface area contributed by atoms with Crippen molar-refractivity contribution in [2.75, 3.05) is 0 Å². The molecule has 4 heteroatoms. The molecule has 3 aromatic rings. The van der Waals surface area contributed by atoms with Crippen LogP contribution in [-0.4, -0.2) is 15.4 Å². The number of benzene rings is 2. The van der Waals surface area contributed by atoms with Gasteiger partial charge in [0, 0.05) is 11.1 Å². The van der Waals surface area contributed by atoms with E-state index in [9.17, 15) is 10.2 Å². The molecular formula is C21H21NO3. The van der Waals surface area contributed by atoms with Crippen LogP contribution in [0.2, 0.25) is 0 Å². The van der Waals surface area contributed by atoms with Crippen molar-refractivity contribution < 1.29 is 14.7 Å². The van der Waals surface area contributed by atoms with Crippen LogP contribution in [0.1, 0.15) is 26.3 Å². The first kappa shape index (κ1) is 16.8. The Morgan fingerprint density at radius 1 is 0.840 bits per heavy atom. The third-order valence-corrected chi connectivity index (χ3v) is 3.75. The number of aromatic hydroxyl groups is 2. The van der Waals surface area contributed by atoms with Crippen molar-refractivity contribution in [3.05, 3.63) is 60.2 Å². The van der Waals surface area contributed by atoms with Gasteiger partial charge in [0.15, 0.2) is 5.76 Å². The van der Waals surface area contributed by atoms with Crippen LogP contribution < -0.4 is 0 Å². The SMILES string of the molecule is CC(C)(C)/C=C/c1c(-c2ccc(O)cc2)noc1-c1ccc(O)cc1. The first-order valence-electron chi connectivity index (χ1n) is 8.11. The van der Waals surface area contributed by atoms with Crippen LogP contribution >= 0.6 is 0 Å². The predicted molar refractivity (Wildman–Crippen MR) is 99.2 cm³/mol. The lowest BCUT2D eigenvalue weighted by molar-refractivity contribution is 0.434. The van der Waals surface area contributed by atoms with Crippen molar-refractivity contribution in [3.8, 4) is 34.1 Å². The van der Waals surface area contributed by atoms with Gasteiger partial charge in [-0.05, 0) is 53.9 Å². The second-order valence-corrected chi connectivity index (χ2v) is 7.07. The van der Waals surface area contributed by atoms with Gasteiger partial charge in [0.2, 0.25) is 0 Å². The minimum Gasteiger partial charge on any atom is -0.508 e. The molecule has 4 nitrogen and oxygen atoms in total. The summed E-state index contributed by atoms with van der Waals surface area (Å²) >= 11 is 0. The Kier molecular flexibility index (Phi) is 4.36. The number of rotatable bonds is 3. The molecule has 2 N–H and O–H groups in total. The van der Waals surface area contributed by atoms with Crippen molar-refractivity contribution in [2.24, 2.45) is 5.41 Å². The highest BCUT2D eigenvalue weighted by Crippen LogP contribution is 2.35. The molecule has 128 valence electrons. The molecule has 2 aromatic carbocycles. The summed E-state index contributed by atoms with van der Waals surface area (Å²) in [5.41, 5.74) is 3.29. The zero-order valence-electron chi connectivity index (χ0n) is 14.5. The smallest absolute Gasteiger partial charge is 0.174 e. The van der Waals surface area contributed by atoms with Crippen LogP contribution in [0.25, 0.3) is 28.7 Å². The Labute approximate surface area is 147 Å². The van der Waals surface area contributed by atoms with E-state index >= 15 is 0 Å². The summed E-state index contributed by atoms with van der Waals surface area (Å²) in [5, 5.41) is 23.3. The van der Waals surface area contributed by atoms with Crippen LogP contribution in [0, 0.1) is 5.41 Å². The van der Waals surface area contributed by atoms with Gasteiger partial charge in [0.25, 0.3) is 0 Å². The fourth-order valence-electron chi connectivity index (χ4n) is 2.43. The van der Waals surface area contributed by atoms with Gasteiger partial charge in [0.1, 0.15) is 17.2 Å². The van der Waals surface area contributed by atoms with E-state index in [1.807, 2.05) is 18.2 Å². The van der Waals surface area contributed by atoms with Crippen LogP contribution in [0.5, 0.6) is 11.5 Å². The Balaban J connectivity index is 2.14. The van der Waals surface area contributed by atoms with Gasteiger partial charge in [-0.3, -0.25) is 0 Å².